The number of hydrogen-bond donors (Lipinski definition) is 2. The number of carbonyl (C=O) groups excluding carboxylic acids is 1. The second-order valence-corrected chi connectivity index (χ2v) is 11.4. The maximum absolute atomic E-state index is 13.6. The molecule has 0 fully saturated rings. The molecule has 1 aliphatic carbocycles. The number of amides is 1. The van der Waals surface area contributed by atoms with Gasteiger partial charge in [-0.05, 0) is 43.4 Å². The molecule has 11 heteroatoms. The quantitative estimate of drug-likeness (QED) is 0.367. The molecule has 1 atom stereocenters. The molecule has 0 spiro atoms. The average Bonchev–Trinajstić information content (AvgIpc) is 3.15. The highest BCUT2D eigenvalue weighted by Gasteiger charge is 2.29. The summed E-state index contributed by atoms with van der Waals surface area (Å²) in [6.45, 7) is 0.331. The maximum Gasteiger partial charge on any atom is 0.223 e. The summed E-state index contributed by atoms with van der Waals surface area (Å²) in [6, 6.07) is 4.36. The van der Waals surface area contributed by atoms with Gasteiger partial charge in [-0.2, -0.15) is 0 Å². The lowest BCUT2D eigenvalue weighted by Gasteiger charge is -2.22. The minimum absolute atomic E-state index is 0.0509. The largest absolute Gasteiger partial charge is 0.495 e. The van der Waals surface area contributed by atoms with Crippen molar-refractivity contribution >= 4 is 38.5 Å². The van der Waals surface area contributed by atoms with Gasteiger partial charge >= 0.3 is 0 Å². The molecular weight excluding hydrogens is 467 g/mol. The van der Waals surface area contributed by atoms with Crippen LogP contribution in [0.5, 0.6) is 5.75 Å². The highest BCUT2D eigenvalue weighted by atomic mass is 32.2. The van der Waals surface area contributed by atoms with Crippen LogP contribution in [0.4, 0.5) is 4.39 Å². The van der Waals surface area contributed by atoms with Gasteiger partial charge in [0, 0.05) is 30.5 Å². The van der Waals surface area contributed by atoms with Gasteiger partial charge in [0.05, 0.1) is 23.1 Å². The Labute approximate surface area is 195 Å². The highest BCUT2D eigenvalue weighted by Crippen LogP contribution is 2.40. The van der Waals surface area contributed by atoms with Gasteiger partial charge in [0.2, 0.25) is 5.91 Å². The fourth-order valence-corrected chi connectivity index (χ4v) is 5.71. The number of rotatable bonds is 8. The molecule has 0 radical (unpaired) electrons. The highest BCUT2D eigenvalue weighted by molar-refractivity contribution is 7.99. The number of ether oxygens (including phenoxy) is 1. The van der Waals surface area contributed by atoms with E-state index in [1.165, 1.54) is 43.6 Å². The van der Waals surface area contributed by atoms with Crippen LogP contribution in [0.2, 0.25) is 0 Å². The lowest BCUT2D eigenvalue weighted by Crippen LogP contribution is -2.35. The molecule has 2 N–H and O–H groups in total. The first kappa shape index (κ1) is 23.5. The predicted molar refractivity (Wildman–Crippen MR) is 124 cm³/mol. The van der Waals surface area contributed by atoms with E-state index in [9.17, 15) is 17.6 Å². The minimum Gasteiger partial charge on any atom is -0.495 e. The number of aromatic nitrogens is 3. The van der Waals surface area contributed by atoms with Gasteiger partial charge in [0.15, 0.2) is 0 Å². The molecule has 8 nitrogen and oxygen atoms in total. The molecule has 176 valence electrons. The Morgan fingerprint density at radius 3 is 2.94 bits per heavy atom. The molecule has 1 unspecified atom stereocenters. The van der Waals surface area contributed by atoms with Gasteiger partial charge in [-0.1, -0.05) is 11.8 Å². The second-order valence-electron chi connectivity index (χ2n) is 8.10. The third-order valence-electron chi connectivity index (χ3n) is 5.64. The van der Waals surface area contributed by atoms with Gasteiger partial charge < -0.3 is 15.0 Å². The summed E-state index contributed by atoms with van der Waals surface area (Å²) in [4.78, 5) is 25.6. The molecule has 0 saturated heterocycles. The topological polar surface area (TPSA) is 114 Å². The van der Waals surface area contributed by atoms with Gasteiger partial charge in [-0.3, -0.25) is 4.79 Å². The van der Waals surface area contributed by atoms with Crippen LogP contribution in [-0.4, -0.2) is 54.9 Å². The second kappa shape index (κ2) is 9.68. The third kappa shape index (κ3) is 5.47. The summed E-state index contributed by atoms with van der Waals surface area (Å²) >= 11 is 1.36. The normalized spacial score (nSPS) is 15.9. The van der Waals surface area contributed by atoms with Crippen molar-refractivity contribution in [3.05, 3.63) is 41.6 Å². The zero-order chi connectivity index (χ0) is 23.6. The Bertz CT molecular complexity index is 1290. The molecule has 3 aromatic rings. The Morgan fingerprint density at radius 2 is 2.18 bits per heavy atom. The molecule has 1 amide bonds. The molecule has 2 heterocycles. The summed E-state index contributed by atoms with van der Waals surface area (Å²) in [5.74, 6) is -0.200. The fraction of sp³-hybridized carbons (Fsp3) is 0.409. The number of nitrogens with one attached hydrogen (secondary N) is 2. The molecule has 0 aliphatic heterocycles. The molecule has 1 aromatic carbocycles. The standard InChI is InChI=1S/C22H25FN4O4S2/c1-31-17-11-14(23)5-7-18(17)32-22-19-15-10-13(21(28)24-8-3-9-33(2,29)30)4-6-16(15)27-20(19)25-12-26-22/h5,7,11-13H,3-4,6,8-10H2,1-2H3,(H,24,28)(H,25,26,27). The van der Waals surface area contributed by atoms with E-state index in [1.54, 1.807) is 6.07 Å². The number of H-pyrrole nitrogens is 1. The van der Waals surface area contributed by atoms with E-state index >= 15 is 0 Å². The molecule has 0 saturated carbocycles. The lowest BCUT2D eigenvalue weighted by atomic mass is 9.86. The maximum atomic E-state index is 13.6. The van der Waals surface area contributed by atoms with Crippen molar-refractivity contribution in [1.82, 2.24) is 20.3 Å². The van der Waals surface area contributed by atoms with Crippen molar-refractivity contribution < 1.29 is 22.3 Å². The Kier molecular flexibility index (Phi) is 6.89. The van der Waals surface area contributed by atoms with Crippen LogP contribution >= 0.6 is 11.8 Å². The summed E-state index contributed by atoms with van der Waals surface area (Å²) in [5, 5.41) is 4.43. The third-order valence-corrected chi connectivity index (χ3v) is 7.73. The predicted octanol–water partition coefficient (Wildman–Crippen LogP) is 2.91. The fourth-order valence-electron chi connectivity index (χ4n) is 4.03. The van der Waals surface area contributed by atoms with Crippen molar-refractivity contribution in [3.8, 4) is 5.75 Å². The minimum atomic E-state index is -3.04. The molecule has 33 heavy (non-hydrogen) atoms. The first-order valence-electron chi connectivity index (χ1n) is 10.6. The number of hydrogen-bond acceptors (Lipinski definition) is 7. The first-order valence-corrected chi connectivity index (χ1v) is 13.4. The number of sulfone groups is 1. The van der Waals surface area contributed by atoms with E-state index in [2.05, 4.69) is 20.3 Å². The van der Waals surface area contributed by atoms with Crippen LogP contribution in [0.15, 0.2) is 34.4 Å². The van der Waals surface area contributed by atoms with Crippen LogP contribution < -0.4 is 10.1 Å². The van der Waals surface area contributed by atoms with Gasteiger partial charge in [0.1, 0.15) is 38.4 Å². The molecule has 0 bridgehead atoms. The molecular formula is C22H25FN4O4S2. The zero-order valence-corrected chi connectivity index (χ0v) is 20.0. The van der Waals surface area contributed by atoms with Crippen LogP contribution in [-0.2, 0) is 27.5 Å². The SMILES string of the molecule is COc1cc(F)ccc1Sc1ncnc2[nH]c3c(c12)CC(C(=O)NCCCS(C)(=O)=O)CC3. The number of carbonyl (C=O) groups is 1. The van der Waals surface area contributed by atoms with Gasteiger partial charge in [-0.15, -0.1) is 0 Å². The Hall–Kier alpha value is -2.66. The van der Waals surface area contributed by atoms with E-state index in [0.717, 1.165) is 21.5 Å². The van der Waals surface area contributed by atoms with Crippen molar-refractivity contribution in [1.29, 1.82) is 0 Å². The zero-order valence-electron chi connectivity index (χ0n) is 18.4. The van der Waals surface area contributed by atoms with E-state index < -0.39 is 9.84 Å². The number of benzene rings is 1. The van der Waals surface area contributed by atoms with Crippen molar-refractivity contribution in [2.45, 2.75) is 35.6 Å². The summed E-state index contributed by atoms with van der Waals surface area (Å²) in [5.41, 5.74) is 2.75. The first-order chi connectivity index (χ1) is 15.7. The number of fused-ring (bicyclic) bond motifs is 3. The molecule has 1 aliphatic rings. The van der Waals surface area contributed by atoms with Crippen molar-refractivity contribution in [3.63, 3.8) is 0 Å². The van der Waals surface area contributed by atoms with Crippen LogP contribution in [0.25, 0.3) is 11.0 Å². The monoisotopic (exact) mass is 492 g/mol. The average molecular weight is 493 g/mol. The van der Waals surface area contributed by atoms with E-state index in [1.807, 2.05) is 0 Å². The molecule has 2 aromatic heterocycles. The van der Waals surface area contributed by atoms with Gasteiger partial charge in [0.25, 0.3) is 0 Å². The number of methoxy groups -OCH3 is 1. The molecule has 4 rings (SSSR count). The number of nitrogens with zero attached hydrogens (tertiary/aromatic N) is 2. The van der Waals surface area contributed by atoms with E-state index in [0.29, 0.717) is 48.7 Å². The van der Waals surface area contributed by atoms with Crippen LogP contribution in [0.3, 0.4) is 0 Å². The number of aryl methyl sites for hydroxylation is 1. The Morgan fingerprint density at radius 1 is 1.36 bits per heavy atom. The Balaban J connectivity index is 1.55. The lowest BCUT2D eigenvalue weighted by molar-refractivity contribution is -0.125. The van der Waals surface area contributed by atoms with Crippen molar-refractivity contribution in [2.24, 2.45) is 5.92 Å². The summed E-state index contributed by atoms with van der Waals surface area (Å²) in [6.07, 6.45) is 5.00. The van der Waals surface area contributed by atoms with Crippen LogP contribution in [0, 0.1) is 11.7 Å². The van der Waals surface area contributed by atoms with Crippen LogP contribution in [0.1, 0.15) is 24.1 Å². The van der Waals surface area contributed by atoms with Gasteiger partial charge in [-0.25, -0.2) is 22.8 Å². The van der Waals surface area contributed by atoms with E-state index in [4.69, 9.17) is 4.74 Å². The number of aromatic amines is 1. The van der Waals surface area contributed by atoms with E-state index in [-0.39, 0.29) is 23.4 Å². The van der Waals surface area contributed by atoms with Crippen molar-refractivity contribution in [2.75, 3.05) is 25.7 Å². The summed E-state index contributed by atoms with van der Waals surface area (Å²) in [7, 11) is -1.55. The smallest absolute Gasteiger partial charge is 0.223 e. The number of halogens is 1. The summed E-state index contributed by atoms with van der Waals surface area (Å²) < 4.78 is 41.5.